The van der Waals surface area contributed by atoms with E-state index in [4.69, 9.17) is 4.74 Å². The Morgan fingerprint density at radius 2 is 1.67 bits per heavy atom. The van der Waals surface area contributed by atoms with E-state index in [1.165, 1.54) is 6.92 Å². The number of benzene rings is 3. The molecule has 0 saturated heterocycles. The maximum Gasteiger partial charge on any atom is 0.340 e. The van der Waals surface area contributed by atoms with Crippen molar-refractivity contribution in [2.45, 2.75) is 45.0 Å². The van der Waals surface area contributed by atoms with Crippen molar-refractivity contribution in [3.63, 3.8) is 0 Å². The Hall–Kier alpha value is -3.19. The number of rotatable bonds is 8. The van der Waals surface area contributed by atoms with Gasteiger partial charge in [-0.05, 0) is 86.3 Å². The standard InChI is InChI=1S/C26H25F2NO3S/c1-15-13-16(2)24(18(4)30)17(3)22(15)14-32-25(31)21-7-5-6-8-23(21)29-19-9-11-20(12-10-19)33-26(27)28/h5-13,26,29H,14H2,1-4H3. The first-order valence-electron chi connectivity index (χ1n) is 10.4. The van der Waals surface area contributed by atoms with Crippen molar-refractivity contribution in [2.24, 2.45) is 0 Å². The van der Waals surface area contributed by atoms with Crippen LogP contribution < -0.4 is 5.32 Å². The Bertz CT molecular complexity index is 1180. The predicted octanol–water partition coefficient (Wildman–Crippen LogP) is 7.23. The molecule has 0 aromatic heterocycles. The second-order valence-corrected chi connectivity index (χ2v) is 8.76. The molecule has 172 valence electrons. The largest absolute Gasteiger partial charge is 0.457 e. The minimum absolute atomic E-state index is 0.0231. The summed E-state index contributed by atoms with van der Waals surface area (Å²) >= 11 is 0.475. The van der Waals surface area contributed by atoms with Crippen molar-refractivity contribution in [3.05, 3.63) is 88.0 Å². The molecule has 0 aliphatic carbocycles. The van der Waals surface area contributed by atoms with Gasteiger partial charge in [0.25, 0.3) is 5.76 Å². The number of ether oxygens (including phenoxy) is 1. The highest BCUT2D eigenvalue weighted by Gasteiger charge is 2.18. The Morgan fingerprint density at radius 3 is 2.30 bits per heavy atom. The molecule has 3 aromatic rings. The number of aryl methyl sites for hydroxylation is 2. The number of anilines is 2. The lowest BCUT2D eigenvalue weighted by Gasteiger charge is -2.17. The van der Waals surface area contributed by atoms with Crippen LogP contribution in [-0.2, 0) is 11.3 Å². The number of para-hydroxylation sites is 1. The van der Waals surface area contributed by atoms with Gasteiger partial charge >= 0.3 is 5.97 Å². The van der Waals surface area contributed by atoms with E-state index in [1.807, 2.05) is 26.8 Å². The van der Waals surface area contributed by atoms with Gasteiger partial charge in [-0.25, -0.2) is 4.79 Å². The number of alkyl halides is 2. The molecule has 0 unspecified atom stereocenters. The smallest absolute Gasteiger partial charge is 0.340 e. The molecule has 0 atom stereocenters. The molecule has 7 heteroatoms. The van der Waals surface area contributed by atoms with Crippen LogP contribution in [0.1, 0.15) is 49.9 Å². The molecule has 3 aromatic carbocycles. The molecule has 4 nitrogen and oxygen atoms in total. The van der Waals surface area contributed by atoms with Crippen molar-refractivity contribution >= 4 is 34.9 Å². The second kappa shape index (κ2) is 10.6. The van der Waals surface area contributed by atoms with Crippen molar-refractivity contribution in [3.8, 4) is 0 Å². The van der Waals surface area contributed by atoms with Gasteiger partial charge in [0.2, 0.25) is 0 Å². The molecule has 0 heterocycles. The van der Waals surface area contributed by atoms with E-state index in [0.29, 0.717) is 39.2 Å². The first-order chi connectivity index (χ1) is 15.7. The van der Waals surface area contributed by atoms with Crippen molar-refractivity contribution < 1.29 is 23.1 Å². The Kier molecular flexibility index (Phi) is 7.87. The number of carbonyl (C=O) groups excluding carboxylic acids is 2. The van der Waals surface area contributed by atoms with Crippen LogP contribution in [0, 0.1) is 20.8 Å². The van der Waals surface area contributed by atoms with Gasteiger partial charge < -0.3 is 10.1 Å². The zero-order valence-corrected chi connectivity index (χ0v) is 19.7. The predicted molar refractivity (Wildman–Crippen MR) is 128 cm³/mol. The maximum atomic E-state index is 12.9. The molecule has 1 N–H and O–H groups in total. The fourth-order valence-electron chi connectivity index (χ4n) is 3.85. The monoisotopic (exact) mass is 469 g/mol. The number of esters is 1. The van der Waals surface area contributed by atoms with Crippen LogP contribution in [0.15, 0.2) is 59.5 Å². The van der Waals surface area contributed by atoms with Crippen molar-refractivity contribution in [2.75, 3.05) is 5.32 Å². The molecule has 0 amide bonds. The molecule has 0 aliphatic heterocycles. The molecular formula is C26H25F2NO3S. The number of carbonyl (C=O) groups is 2. The molecular weight excluding hydrogens is 444 g/mol. The summed E-state index contributed by atoms with van der Waals surface area (Å²) < 4.78 is 30.6. The van der Waals surface area contributed by atoms with E-state index >= 15 is 0 Å². The number of Topliss-reactive ketones (excluding diaryl/α,β-unsaturated/α-hetero) is 1. The van der Waals surface area contributed by atoms with Gasteiger partial charge in [0, 0.05) is 16.1 Å². The van der Waals surface area contributed by atoms with E-state index in [0.717, 1.165) is 22.3 Å². The van der Waals surface area contributed by atoms with E-state index in [9.17, 15) is 18.4 Å². The van der Waals surface area contributed by atoms with Crippen LogP contribution in [-0.4, -0.2) is 17.5 Å². The number of hydrogen-bond donors (Lipinski definition) is 1. The third kappa shape index (κ3) is 5.99. The lowest BCUT2D eigenvalue weighted by atomic mass is 9.92. The summed E-state index contributed by atoms with van der Waals surface area (Å²) in [6.07, 6.45) is 0. The van der Waals surface area contributed by atoms with Crippen LogP contribution in [0.2, 0.25) is 0 Å². The zero-order chi connectivity index (χ0) is 24.1. The lowest BCUT2D eigenvalue weighted by Crippen LogP contribution is -2.11. The quantitative estimate of drug-likeness (QED) is 0.214. The zero-order valence-electron chi connectivity index (χ0n) is 18.9. The van der Waals surface area contributed by atoms with Gasteiger partial charge in [-0.15, -0.1) is 0 Å². The summed E-state index contributed by atoms with van der Waals surface area (Å²) in [7, 11) is 0. The minimum atomic E-state index is -2.48. The molecule has 0 saturated carbocycles. The van der Waals surface area contributed by atoms with Gasteiger partial charge in [0.15, 0.2) is 5.78 Å². The molecule has 0 bridgehead atoms. The summed E-state index contributed by atoms with van der Waals surface area (Å²) in [6, 6.07) is 15.4. The van der Waals surface area contributed by atoms with Crippen LogP contribution in [0.5, 0.6) is 0 Å². The molecule has 0 aliphatic rings. The first kappa shape index (κ1) is 24.5. The minimum Gasteiger partial charge on any atom is -0.457 e. The summed E-state index contributed by atoms with van der Waals surface area (Å²) in [5.41, 5.74) is 5.69. The average Bonchev–Trinajstić information content (AvgIpc) is 2.74. The molecule has 0 spiro atoms. The van der Waals surface area contributed by atoms with E-state index in [2.05, 4.69) is 5.32 Å². The number of nitrogens with one attached hydrogen (secondary N) is 1. The van der Waals surface area contributed by atoms with Gasteiger partial charge in [0.1, 0.15) is 6.61 Å². The highest BCUT2D eigenvalue weighted by molar-refractivity contribution is 7.99. The number of thioether (sulfide) groups is 1. The van der Waals surface area contributed by atoms with E-state index in [1.54, 1.807) is 48.5 Å². The van der Waals surface area contributed by atoms with Crippen LogP contribution in [0.4, 0.5) is 20.2 Å². The summed E-state index contributed by atoms with van der Waals surface area (Å²) in [4.78, 5) is 25.4. The van der Waals surface area contributed by atoms with Crippen LogP contribution in [0.25, 0.3) is 0 Å². The van der Waals surface area contributed by atoms with Gasteiger partial charge in [-0.1, -0.05) is 30.0 Å². The van der Waals surface area contributed by atoms with Gasteiger partial charge in [-0.2, -0.15) is 8.78 Å². The lowest BCUT2D eigenvalue weighted by molar-refractivity contribution is 0.0472. The summed E-state index contributed by atoms with van der Waals surface area (Å²) in [5, 5.41) is 3.14. The first-order valence-corrected chi connectivity index (χ1v) is 11.2. The van der Waals surface area contributed by atoms with E-state index < -0.39 is 11.7 Å². The van der Waals surface area contributed by atoms with E-state index in [-0.39, 0.29) is 12.4 Å². The maximum absolute atomic E-state index is 12.9. The number of ketones is 1. The molecule has 0 fully saturated rings. The van der Waals surface area contributed by atoms with Crippen molar-refractivity contribution in [1.29, 1.82) is 0 Å². The summed E-state index contributed by atoms with van der Waals surface area (Å²) in [5.74, 6) is -3.01. The third-order valence-corrected chi connectivity index (χ3v) is 6.06. The van der Waals surface area contributed by atoms with Gasteiger partial charge in [0.05, 0.1) is 11.3 Å². The SMILES string of the molecule is CC(=O)c1c(C)cc(C)c(COC(=O)c2ccccc2Nc2ccc(SC(F)F)cc2)c1C. The average molecular weight is 470 g/mol. The summed E-state index contributed by atoms with van der Waals surface area (Å²) in [6.45, 7) is 7.27. The van der Waals surface area contributed by atoms with Gasteiger partial charge in [-0.3, -0.25) is 4.79 Å². The van der Waals surface area contributed by atoms with Crippen LogP contribution >= 0.6 is 11.8 Å². The highest BCUT2D eigenvalue weighted by Crippen LogP contribution is 2.29. The third-order valence-electron chi connectivity index (χ3n) is 5.34. The Labute approximate surface area is 196 Å². The fourth-order valence-corrected chi connectivity index (χ4v) is 4.35. The molecule has 0 radical (unpaired) electrons. The van der Waals surface area contributed by atoms with Crippen LogP contribution in [0.3, 0.4) is 0 Å². The Morgan fingerprint density at radius 1 is 1.00 bits per heavy atom. The highest BCUT2D eigenvalue weighted by atomic mass is 32.2. The number of halogens is 2. The van der Waals surface area contributed by atoms with Crippen molar-refractivity contribution in [1.82, 2.24) is 0 Å². The topological polar surface area (TPSA) is 55.4 Å². The molecule has 33 heavy (non-hydrogen) atoms. The normalized spacial score (nSPS) is 10.9. The fraction of sp³-hybridized carbons (Fsp3) is 0.231. The number of hydrogen-bond acceptors (Lipinski definition) is 5. The Balaban J connectivity index is 1.77. The molecule has 3 rings (SSSR count). The second-order valence-electron chi connectivity index (χ2n) is 7.69.